The van der Waals surface area contributed by atoms with E-state index in [9.17, 15) is 5.11 Å². The maximum atomic E-state index is 9.51. The topological polar surface area (TPSA) is 32.7 Å². The fourth-order valence-corrected chi connectivity index (χ4v) is 3.10. The highest BCUT2D eigenvalue weighted by molar-refractivity contribution is 5.85. The molecule has 0 radical (unpaired) electrons. The predicted octanol–water partition coefficient (Wildman–Crippen LogP) is 2.32. The van der Waals surface area contributed by atoms with Gasteiger partial charge in [-0.2, -0.15) is 0 Å². The lowest BCUT2D eigenvalue weighted by atomic mass is 9.86. The number of aliphatic hydroxyl groups is 1. The number of hydrogen-bond donors (Lipinski definition) is 1. The van der Waals surface area contributed by atoms with Gasteiger partial charge < -0.3 is 14.7 Å². The Hall–Kier alpha value is -1.42. The lowest BCUT2D eigenvalue weighted by molar-refractivity contribution is -0.146. The van der Waals surface area contributed by atoms with Gasteiger partial charge in [-0.3, -0.25) is 0 Å². The second kappa shape index (κ2) is 6.14. The minimum Gasteiger partial charge on any atom is -0.396 e. The number of hydrogen-bond acceptors (Lipinski definition) is 3. The first-order valence-corrected chi connectivity index (χ1v) is 7.56. The zero-order valence-electron chi connectivity index (χ0n) is 12.6. The molecule has 0 aliphatic carbocycles. The molecule has 3 heteroatoms. The minimum atomic E-state index is -0.0342. The second-order valence-corrected chi connectivity index (χ2v) is 6.28. The summed E-state index contributed by atoms with van der Waals surface area (Å²) in [7, 11) is 2.13. The summed E-state index contributed by atoms with van der Waals surface area (Å²) in [6.07, 6.45) is 1.03. The minimum absolute atomic E-state index is 0.0342. The van der Waals surface area contributed by atoms with E-state index in [-0.39, 0.29) is 12.0 Å². The number of fused-ring (bicyclic) bond motifs is 1. The van der Waals surface area contributed by atoms with Gasteiger partial charge >= 0.3 is 0 Å². The standard InChI is InChI=1S/C18H23NO2/c1-19(11-18(12-20)13-21-14-18)10-9-16-7-4-6-15-5-2-3-8-17(15)16/h2-8,20H,9-14H2,1H3. The van der Waals surface area contributed by atoms with E-state index in [1.807, 2.05) is 0 Å². The van der Waals surface area contributed by atoms with E-state index in [2.05, 4.69) is 54.4 Å². The van der Waals surface area contributed by atoms with Crippen LogP contribution >= 0.6 is 0 Å². The van der Waals surface area contributed by atoms with Gasteiger partial charge in [-0.1, -0.05) is 42.5 Å². The Labute approximate surface area is 126 Å². The van der Waals surface area contributed by atoms with Gasteiger partial charge in [-0.05, 0) is 29.8 Å². The van der Waals surface area contributed by atoms with E-state index in [1.165, 1.54) is 16.3 Å². The van der Waals surface area contributed by atoms with Crippen molar-refractivity contribution in [1.29, 1.82) is 0 Å². The second-order valence-electron chi connectivity index (χ2n) is 6.28. The van der Waals surface area contributed by atoms with Crippen molar-refractivity contribution < 1.29 is 9.84 Å². The number of ether oxygens (including phenoxy) is 1. The molecule has 0 unspecified atom stereocenters. The monoisotopic (exact) mass is 285 g/mol. The number of likely N-dealkylation sites (N-methyl/N-ethyl adjacent to an activating group) is 1. The Morgan fingerprint density at radius 1 is 1.14 bits per heavy atom. The van der Waals surface area contributed by atoms with Crippen molar-refractivity contribution in [2.45, 2.75) is 6.42 Å². The van der Waals surface area contributed by atoms with Crippen molar-refractivity contribution in [2.24, 2.45) is 5.41 Å². The molecule has 112 valence electrons. The molecule has 0 atom stereocenters. The van der Waals surface area contributed by atoms with E-state index in [0.717, 1.165) is 19.5 Å². The summed E-state index contributed by atoms with van der Waals surface area (Å²) in [6, 6.07) is 15.0. The number of aliphatic hydroxyl groups excluding tert-OH is 1. The van der Waals surface area contributed by atoms with Crippen LogP contribution in [0.5, 0.6) is 0 Å². The van der Waals surface area contributed by atoms with Crippen molar-refractivity contribution in [3.8, 4) is 0 Å². The molecule has 0 saturated carbocycles. The van der Waals surface area contributed by atoms with Crippen molar-refractivity contribution >= 4 is 10.8 Å². The third-order valence-electron chi connectivity index (χ3n) is 4.40. The van der Waals surface area contributed by atoms with Gasteiger partial charge in [0.1, 0.15) is 0 Å². The van der Waals surface area contributed by atoms with E-state index >= 15 is 0 Å². The van der Waals surface area contributed by atoms with Crippen molar-refractivity contribution in [2.75, 3.05) is 40.0 Å². The molecule has 0 aromatic heterocycles. The molecule has 2 aromatic carbocycles. The molecule has 3 nitrogen and oxygen atoms in total. The quantitative estimate of drug-likeness (QED) is 0.884. The first-order valence-electron chi connectivity index (χ1n) is 7.56. The molecule has 1 aliphatic heterocycles. The Morgan fingerprint density at radius 2 is 1.90 bits per heavy atom. The van der Waals surface area contributed by atoms with Crippen molar-refractivity contribution in [3.63, 3.8) is 0 Å². The summed E-state index contributed by atoms with van der Waals surface area (Å²) < 4.78 is 5.26. The third kappa shape index (κ3) is 3.10. The van der Waals surface area contributed by atoms with Crippen LogP contribution in [0.3, 0.4) is 0 Å². The van der Waals surface area contributed by atoms with Crippen LogP contribution in [0, 0.1) is 5.41 Å². The lowest BCUT2D eigenvalue weighted by Crippen LogP contribution is -2.52. The maximum absolute atomic E-state index is 9.51. The molecule has 3 rings (SSSR count). The molecular weight excluding hydrogens is 262 g/mol. The third-order valence-corrected chi connectivity index (χ3v) is 4.40. The lowest BCUT2D eigenvalue weighted by Gasteiger charge is -2.42. The van der Waals surface area contributed by atoms with Crippen LogP contribution in [0.2, 0.25) is 0 Å². The van der Waals surface area contributed by atoms with E-state index in [0.29, 0.717) is 13.2 Å². The number of benzene rings is 2. The Morgan fingerprint density at radius 3 is 2.62 bits per heavy atom. The normalized spacial score (nSPS) is 17.1. The summed E-state index contributed by atoms with van der Waals surface area (Å²) in [5, 5.41) is 12.2. The van der Waals surface area contributed by atoms with Crippen LogP contribution in [-0.4, -0.2) is 50.0 Å². The van der Waals surface area contributed by atoms with Gasteiger partial charge in [-0.15, -0.1) is 0 Å². The Kier molecular flexibility index (Phi) is 4.24. The highest BCUT2D eigenvalue weighted by Crippen LogP contribution is 2.27. The Balaban J connectivity index is 1.63. The molecule has 0 bridgehead atoms. The maximum Gasteiger partial charge on any atom is 0.0579 e. The largest absolute Gasteiger partial charge is 0.396 e. The van der Waals surface area contributed by atoms with Crippen LogP contribution < -0.4 is 0 Å². The molecule has 1 aliphatic rings. The van der Waals surface area contributed by atoms with Crippen LogP contribution in [0.4, 0.5) is 0 Å². The summed E-state index contributed by atoms with van der Waals surface area (Å²) >= 11 is 0. The van der Waals surface area contributed by atoms with Gasteiger partial charge in [-0.25, -0.2) is 0 Å². The first-order chi connectivity index (χ1) is 10.2. The fourth-order valence-electron chi connectivity index (χ4n) is 3.10. The summed E-state index contributed by atoms with van der Waals surface area (Å²) in [6.45, 7) is 3.47. The molecule has 0 amide bonds. The average molecular weight is 285 g/mol. The smallest absolute Gasteiger partial charge is 0.0579 e. The van der Waals surface area contributed by atoms with Gasteiger partial charge in [0.15, 0.2) is 0 Å². The number of rotatable bonds is 6. The summed E-state index contributed by atoms with van der Waals surface area (Å²) in [5.41, 5.74) is 1.36. The van der Waals surface area contributed by atoms with E-state index in [4.69, 9.17) is 4.74 Å². The zero-order valence-corrected chi connectivity index (χ0v) is 12.6. The van der Waals surface area contributed by atoms with E-state index < -0.39 is 0 Å². The molecular formula is C18H23NO2. The fraction of sp³-hybridized carbons (Fsp3) is 0.444. The average Bonchev–Trinajstić information content (AvgIpc) is 2.49. The van der Waals surface area contributed by atoms with Gasteiger partial charge in [0.25, 0.3) is 0 Å². The van der Waals surface area contributed by atoms with Gasteiger partial charge in [0, 0.05) is 13.1 Å². The van der Waals surface area contributed by atoms with Crippen molar-refractivity contribution in [3.05, 3.63) is 48.0 Å². The Bertz CT molecular complexity index is 596. The molecule has 1 heterocycles. The highest BCUT2D eigenvalue weighted by atomic mass is 16.5. The molecule has 2 aromatic rings. The number of nitrogens with zero attached hydrogens (tertiary/aromatic N) is 1. The van der Waals surface area contributed by atoms with Crippen molar-refractivity contribution in [1.82, 2.24) is 4.90 Å². The molecule has 1 saturated heterocycles. The molecule has 0 spiro atoms. The van der Waals surface area contributed by atoms with E-state index in [1.54, 1.807) is 0 Å². The predicted molar refractivity (Wildman–Crippen MR) is 85.5 cm³/mol. The molecule has 21 heavy (non-hydrogen) atoms. The first kappa shape index (κ1) is 14.5. The summed E-state index contributed by atoms with van der Waals surface area (Å²) in [5.74, 6) is 0. The van der Waals surface area contributed by atoms with Crippen LogP contribution in [0.1, 0.15) is 5.56 Å². The van der Waals surface area contributed by atoms with Crippen LogP contribution in [0.25, 0.3) is 10.8 Å². The SMILES string of the molecule is CN(CCc1cccc2ccccc12)CC1(CO)COC1. The molecule has 1 fully saturated rings. The summed E-state index contributed by atoms with van der Waals surface area (Å²) in [4.78, 5) is 2.31. The van der Waals surface area contributed by atoms with Gasteiger partial charge in [0.2, 0.25) is 0 Å². The van der Waals surface area contributed by atoms with Gasteiger partial charge in [0.05, 0.1) is 25.2 Å². The van der Waals surface area contributed by atoms with Crippen LogP contribution in [0.15, 0.2) is 42.5 Å². The zero-order chi connectivity index (χ0) is 14.7. The van der Waals surface area contributed by atoms with Crippen LogP contribution in [-0.2, 0) is 11.2 Å². The molecule has 1 N–H and O–H groups in total. The highest BCUT2D eigenvalue weighted by Gasteiger charge is 2.38.